The van der Waals surface area contributed by atoms with Crippen LogP contribution in [0.4, 0.5) is 0 Å². The average Bonchev–Trinajstić information content (AvgIpc) is 2.74. The van der Waals surface area contributed by atoms with E-state index < -0.39 is 8.32 Å². The van der Waals surface area contributed by atoms with Crippen molar-refractivity contribution in [2.45, 2.75) is 45.1 Å². The number of hydrogen-bond donors (Lipinski definition) is 0. The van der Waals surface area contributed by atoms with E-state index in [9.17, 15) is 0 Å². The van der Waals surface area contributed by atoms with Crippen LogP contribution in [0.5, 0.6) is 0 Å². The Hall–Kier alpha value is -1.33. The minimum atomic E-state index is -2.43. The standard InChI is InChI=1S/C26H38O2SSi/c1-6-14-23(21-27-22-29-5)15-13-20-28-30(26(2,3)4,24-16-9-7-10-17-24)25-18-11-8-12-19-25/h6-12,16-19,23H,1,13-15,20-22H2,2-5H3/t23-/m1/s1. The molecule has 30 heavy (non-hydrogen) atoms. The van der Waals surface area contributed by atoms with Gasteiger partial charge >= 0.3 is 0 Å². The summed E-state index contributed by atoms with van der Waals surface area (Å²) in [6.07, 6.45) is 7.20. The second-order valence-electron chi connectivity index (χ2n) is 8.82. The van der Waals surface area contributed by atoms with E-state index in [1.807, 2.05) is 6.08 Å². The van der Waals surface area contributed by atoms with Gasteiger partial charge in [-0.25, -0.2) is 0 Å². The summed E-state index contributed by atoms with van der Waals surface area (Å²) in [5.41, 5.74) is 0. The molecule has 0 unspecified atom stereocenters. The molecule has 2 rings (SSSR count). The van der Waals surface area contributed by atoms with Gasteiger partial charge in [0, 0.05) is 6.61 Å². The predicted molar refractivity (Wildman–Crippen MR) is 135 cm³/mol. The topological polar surface area (TPSA) is 18.5 Å². The fraction of sp³-hybridized carbons (Fsp3) is 0.462. The smallest absolute Gasteiger partial charge is 0.261 e. The molecule has 2 aromatic rings. The molecule has 0 spiro atoms. The molecule has 2 aromatic carbocycles. The summed E-state index contributed by atoms with van der Waals surface area (Å²) < 4.78 is 12.8. The number of thioether (sulfide) groups is 1. The third kappa shape index (κ3) is 6.58. The zero-order chi connectivity index (χ0) is 21.9. The minimum Gasteiger partial charge on any atom is -0.407 e. The Balaban J connectivity index is 2.19. The van der Waals surface area contributed by atoms with Crippen molar-refractivity contribution in [2.24, 2.45) is 5.92 Å². The van der Waals surface area contributed by atoms with Gasteiger partial charge < -0.3 is 9.16 Å². The zero-order valence-corrected chi connectivity index (χ0v) is 20.9. The van der Waals surface area contributed by atoms with E-state index in [0.29, 0.717) is 5.92 Å². The molecule has 0 aliphatic heterocycles. The number of ether oxygens (including phenoxy) is 1. The van der Waals surface area contributed by atoms with Crippen LogP contribution in [0.1, 0.15) is 40.0 Å². The molecule has 0 saturated carbocycles. The van der Waals surface area contributed by atoms with Crippen molar-refractivity contribution in [1.29, 1.82) is 0 Å². The third-order valence-corrected chi connectivity index (χ3v) is 11.0. The molecule has 2 nitrogen and oxygen atoms in total. The van der Waals surface area contributed by atoms with Crippen molar-refractivity contribution in [3.05, 3.63) is 73.3 Å². The van der Waals surface area contributed by atoms with Gasteiger partial charge in [0.25, 0.3) is 8.32 Å². The summed E-state index contributed by atoms with van der Waals surface area (Å²) in [4.78, 5) is 0. The van der Waals surface area contributed by atoms with E-state index in [2.05, 4.69) is 94.3 Å². The van der Waals surface area contributed by atoms with Gasteiger partial charge in [0.05, 0.1) is 12.5 Å². The Labute approximate surface area is 189 Å². The lowest BCUT2D eigenvalue weighted by molar-refractivity contribution is 0.132. The predicted octanol–water partition coefficient (Wildman–Crippen LogP) is 5.87. The Morgan fingerprint density at radius 2 is 1.57 bits per heavy atom. The fourth-order valence-electron chi connectivity index (χ4n) is 4.16. The molecule has 0 radical (unpaired) electrons. The summed E-state index contributed by atoms with van der Waals surface area (Å²) in [6, 6.07) is 21.7. The molecule has 0 saturated heterocycles. The summed E-state index contributed by atoms with van der Waals surface area (Å²) in [7, 11) is -2.43. The van der Waals surface area contributed by atoms with Gasteiger partial charge in [-0.3, -0.25) is 0 Å². The molecule has 1 atom stereocenters. The van der Waals surface area contributed by atoms with Gasteiger partial charge in [0.15, 0.2) is 0 Å². The van der Waals surface area contributed by atoms with Crippen molar-refractivity contribution in [3.63, 3.8) is 0 Å². The molecule has 0 amide bonds. The Morgan fingerprint density at radius 3 is 2.03 bits per heavy atom. The molecular weight excluding hydrogens is 404 g/mol. The zero-order valence-electron chi connectivity index (χ0n) is 19.1. The van der Waals surface area contributed by atoms with E-state index in [4.69, 9.17) is 9.16 Å². The van der Waals surface area contributed by atoms with Crippen LogP contribution in [0.3, 0.4) is 0 Å². The molecule has 0 aromatic heterocycles. The monoisotopic (exact) mass is 442 g/mol. The second kappa shape index (κ2) is 12.5. The lowest BCUT2D eigenvalue weighted by Crippen LogP contribution is -2.66. The molecule has 164 valence electrons. The van der Waals surface area contributed by atoms with Crippen LogP contribution in [0.2, 0.25) is 5.04 Å². The van der Waals surface area contributed by atoms with Crippen molar-refractivity contribution in [3.8, 4) is 0 Å². The van der Waals surface area contributed by atoms with Gasteiger partial charge in [-0.05, 0) is 46.8 Å². The molecule has 0 heterocycles. The van der Waals surface area contributed by atoms with Crippen LogP contribution in [-0.2, 0) is 9.16 Å². The lowest BCUT2D eigenvalue weighted by Gasteiger charge is -2.43. The molecule has 0 fully saturated rings. The molecule has 0 bridgehead atoms. The average molecular weight is 443 g/mol. The maximum Gasteiger partial charge on any atom is 0.261 e. The van der Waals surface area contributed by atoms with Crippen LogP contribution >= 0.6 is 11.8 Å². The van der Waals surface area contributed by atoms with Crippen molar-refractivity contribution < 1.29 is 9.16 Å². The van der Waals surface area contributed by atoms with Crippen molar-refractivity contribution >= 4 is 30.5 Å². The summed E-state index contributed by atoms with van der Waals surface area (Å²) in [6.45, 7) is 12.5. The number of rotatable bonds is 13. The molecular formula is C26H38O2SSi. The van der Waals surface area contributed by atoms with Crippen LogP contribution in [0.25, 0.3) is 0 Å². The highest BCUT2D eigenvalue weighted by atomic mass is 32.2. The number of hydrogen-bond acceptors (Lipinski definition) is 3. The first kappa shape index (κ1) is 24.9. The molecule has 0 N–H and O–H groups in total. The van der Waals surface area contributed by atoms with Crippen LogP contribution in [-0.4, -0.2) is 33.7 Å². The first-order chi connectivity index (χ1) is 14.5. The first-order valence-corrected chi connectivity index (χ1v) is 14.2. The number of allylic oxidation sites excluding steroid dienone is 1. The quantitative estimate of drug-likeness (QED) is 0.167. The normalized spacial score (nSPS) is 13.2. The van der Waals surface area contributed by atoms with E-state index >= 15 is 0 Å². The molecule has 0 aliphatic rings. The third-order valence-electron chi connectivity index (χ3n) is 5.55. The summed E-state index contributed by atoms with van der Waals surface area (Å²) in [5, 5.41) is 2.71. The van der Waals surface area contributed by atoms with E-state index in [0.717, 1.165) is 38.4 Å². The second-order valence-corrected chi connectivity index (χ2v) is 13.9. The maximum atomic E-state index is 6.99. The van der Waals surface area contributed by atoms with Gasteiger partial charge in [0.1, 0.15) is 0 Å². The van der Waals surface area contributed by atoms with Crippen molar-refractivity contribution in [2.75, 3.05) is 25.4 Å². The van der Waals surface area contributed by atoms with Gasteiger partial charge in [-0.2, -0.15) is 0 Å². The van der Waals surface area contributed by atoms with Gasteiger partial charge in [0.2, 0.25) is 0 Å². The van der Waals surface area contributed by atoms with Crippen molar-refractivity contribution in [1.82, 2.24) is 0 Å². The summed E-state index contributed by atoms with van der Waals surface area (Å²) in [5.74, 6) is 1.27. The highest BCUT2D eigenvalue weighted by Crippen LogP contribution is 2.36. The van der Waals surface area contributed by atoms with Gasteiger partial charge in [-0.1, -0.05) is 87.5 Å². The Morgan fingerprint density at radius 1 is 1.00 bits per heavy atom. The minimum absolute atomic E-state index is 0.0255. The molecule has 0 aliphatic carbocycles. The van der Waals surface area contributed by atoms with Crippen LogP contribution in [0.15, 0.2) is 73.3 Å². The van der Waals surface area contributed by atoms with Gasteiger partial charge in [-0.15, -0.1) is 18.3 Å². The maximum absolute atomic E-state index is 6.99. The largest absolute Gasteiger partial charge is 0.407 e. The lowest BCUT2D eigenvalue weighted by atomic mass is 10.0. The highest BCUT2D eigenvalue weighted by molar-refractivity contribution is 7.98. The van der Waals surface area contributed by atoms with E-state index in [-0.39, 0.29) is 5.04 Å². The van der Waals surface area contributed by atoms with Crippen LogP contribution < -0.4 is 10.4 Å². The molecule has 4 heteroatoms. The van der Waals surface area contributed by atoms with E-state index in [1.165, 1.54) is 10.4 Å². The SMILES string of the molecule is C=CC[C@H](CCCO[Si](c1ccccc1)(c1ccccc1)C(C)(C)C)COCSC. The Kier molecular flexibility index (Phi) is 10.4. The van der Waals surface area contributed by atoms with Crippen LogP contribution in [0, 0.1) is 5.92 Å². The van der Waals surface area contributed by atoms with E-state index in [1.54, 1.807) is 11.8 Å². The number of benzene rings is 2. The highest BCUT2D eigenvalue weighted by Gasteiger charge is 2.49. The first-order valence-electron chi connectivity index (χ1n) is 10.9. The Bertz CT molecular complexity index is 688. The fourth-order valence-corrected chi connectivity index (χ4v) is 9.03. The summed E-state index contributed by atoms with van der Waals surface area (Å²) >= 11 is 1.72.